The second-order valence-electron chi connectivity index (χ2n) is 25.5. The van der Waals surface area contributed by atoms with Crippen LogP contribution in [0.15, 0.2) is 79.7 Å². The number of nitrogens with two attached hydrogens (primary N) is 4. The molecule has 109 heavy (non-hydrogen) atoms. The van der Waals surface area contributed by atoms with Gasteiger partial charge in [0.15, 0.2) is 11.2 Å². The van der Waals surface area contributed by atoms with Gasteiger partial charge in [0.05, 0.1) is 101 Å². The van der Waals surface area contributed by atoms with Gasteiger partial charge in [-0.05, 0) is 100 Å². The zero-order chi connectivity index (χ0) is 78.6. The molecule has 11 rings (SSSR count). The van der Waals surface area contributed by atoms with Crippen LogP contribution in [0.3, 0.4) is 0 Å². The van der Waals surface area contributed by atoms with E-state index in [1.165, 1.54) is 48.4 Å². The van der Waals surface area contributed by atoms with Crippen molar-refractivity contribution in [1.82, 2.24) is 57.7 Å². The van der Waals surface area contributed by atoms with Crippen molar-refractivity contribution in [3.63, 3.8) is 0 Å². The number of aryl methyl sites for hydroxylation is 1. The van der Waals surface area contributed by atoms with E-state index >= 15 is 0 Å². The van der Waals surface area contributed by atoms with E-state index in [-0.39, 0.29) is 97.0 Å². The van der Waals surface area contributed by atoms with Crippen LogP contribution in [0.1, 0.15) is 82.7 Å². The minimum atomic E-state index is -4.69. The summed E-state index contributed by atoms with van der Waals surface area (Å²) in [7, 11) is 0. The van der Waals surface area contributed by atoms with Crippen LogP contribution in [0.25, 0.3) is 11.2 Å². The van der Waals surface area contributed by atoms with Gasteiger partial charge >= 0.3 is 55.3 Å². The van der Waals surface area contributed by atoms with Crippen LogP contribution < -0.4 is 68.1 Å². The molecule has 6 aromatic rings. The molecular weight excluding hydrogens is 1680 g/mol. The lowest BCUT2D eigenvalue weighted by molar-refractivity contribution is -0.0575. The predicted octanol–water partition coefficient (Wildman–Crippen LogP) is -0.963. The summed E-state index contributed by atoms with van der Waals surface area (Å²) >= 11 is 25.8. The van der Waals surface area contributed by atoms with E-state index in [0.29, 0.717) is 19.6 Å². The van der Waals surface area contributed by atoms with Crippen LogP contribution >= 0.6 is 42.8 Å². The Hall–Kier alpha value is -5.09. The number of imidazole rings is 1. The number of aliphatic hydroxyl groups is 1. The van der Waals surface area contributed by atoms with Gasteiger partial charge in [-0.3, -0.25) is 52.6 Å². The first kappa shape index (κ1) is 84.8. The predicted molar refractivity (Wildman–Crippen MR) is 398 cm³/mol. The number of ether oxygens (including phenoxy) is 7. The Labute approximate surface area is 643 Å². The minimum absolute atomic E-state index is 0.0162. The van der Waals surface area contributed by atoms with E-state index in [2.05, 4.69) is 50.8 Å². The highest BCUT2D eigenvalue weighted by Gasteiger charge is 2.49. The van der Waals surface area contributed by atoms with Gasteiger partial charge in [0.1, 0.15) is 67.2 Å². The summed E-state index contributed by atoms with van der Waals surface area (Å²) in [6.07, 6.45) is -13.0. The van der Waals surface area contributed by atoms with Crippen molar-refractivity contribution in [2.75, 3.05) is 89.8 Å². The first-order chi connectivity index (χ1) is 51.6. The van der Waals surface area contributed by atoms with Gasteiger partial charge < -0.3 is 117 Å². The van der Waals surface area contributed by atoms with E-state index in [9.17, 15) is 58.1 Å². The number of hydrogen-bond donors (Lipinski definition) is 12. The third-order valence-electron chi connectivity index (χ3n) is 17.7. The van der Waals surface area contributed by atoms with E-state index < -0.39 is 197 Å². The summed E-state index contributed by atoms with van der Waals surface area (Å²) in [4.78, 5) is 161. The lowest BCUT2D eigenvalue weighted by Gasteiger charge is -2.30. The molecule has 5 aliphatic rings. The van der Waals surface area contributed by atoms with Crippen molar-refractivity contribution < 1.29 is 93.7 Å². The van der Waals surface area contributed by atoms with Gasteiger partial charge in [-0.25, -0.2) is 28.5 Å². The summed E-state index contributed by atoms with van der Waals surface area (Å²) in [5, 5.41) is 10.2. The number of anilines is 3. The fourth-order valence-electron chi connectivity index (χ4n) is 12.5. The summed E-state index contributed by atoms with van der Waals surface area (Å²) in [6.45, 7) is -14.8. The monoisotopic (exact) mass is 1750 g/mol. The normalized spacial score (nSPS) is 28.0. The number of rotatable bonds is 36. The lowest BCUT2D eigenvalue weighted by Crippen LogP contribution is -2.33. The molecule has 6 aromatic heterocycles. The molecule has 0 aromatic carbocycles. The molecule has 4 unspecified atom stereocenters. The summed E-state index contributed by atoms with van der Waals surface area (Å²) in [5.74, 6) is -0.754. The number of nitrogens with zero attached hydrogens (tertiary/aromatic N) is 8. The molecular formula is C56H79BrN16O28P4S4. The van der Waals surface area contributed by atoms with Crippen molar-refractivity contribution in [3.05, 3.63) is 130 Å². The van der Waals surface area contributed by atoms with E-state index in [0.717, 1.165) is 18.3 Å². The third-order valence-corrected chi connectivity index (χ3v) is 25.4. The average Bonchev–Trinajstić information content (AvgIpc) is 1.61. The molecule has 53 heteroatoms. The number of hydrogen-bond acceptors (Lipinski definition) is 36. The number of H-pyrrole nitrogens is 4. The van der Waals surface area contributed by atoms with Gasteiger partial charge in [-0.1, -0.05) is 13.8 Å². The molecule has 0 saturated carbocycles. The van der Waals surface area contributed by atoms with E-state index in [1.807, 2.05) is 13.8 Å². The molecule has 0 radical (unpaired) electrons. The number of aromatic amines is 4. The van der Waals surface area contributed by atoms with Crippen molar-refractivity contribution in [2.45, 2.75) is 139 Å². The first-order valence-electron chi connectivity index (χ1n) is 33.4. The zero-order valence-corrected chi connectivity index (χ0v) is 66.2. The average molecular weight is 1760 g/mol. The number of aliphatic hydroxyl groups excluding tert-OH is 1. The Balaban J connectivity index is 0.824. The van der Waals surface area contributed by atoms with Crippen molar-refractivity contribution >= 4 is 119 Å². The number of aromatic nitrogens is 12. The van der Waals surface area contributed by atoms with Crippen LogP contribution in [0.4, 0.5) is 17.6 Å². The minimum Gasteiger partial charge on any atom is -0.394 e. The number of fused-ring (bicyclic) bond motifs is 1. The molecule has 19 atom stereocenters. The summed E-state index contributed by atoms with van der Waals surface area (Å²) in [6, 6.07) is 2.76. The smallest absolute Gasteiger partial charge is 0.351 e. The summed E-state index contributed by atoms with van der Waals surface area (Å²) in [5.41, 5.74) is 16.2. The maximum absolute atomic E-state index is 13.8. The Kier molecular flexibility index (Phi) is 28.1. The third kappa shape index (κ3) is 21.3. The quantitative estimate of drug-likeness (QED) is 0.0166. The first-order valence-corrected chi connectivity index (χ1v) is 44.5. The van der Waals surface area contributed by atoms with Gasteiger partial charge in [-0.2, -0.15) is 15.0 Å². The molecule has 11 heterocycles. The van der Waals surface area contributed by atoms with E-state index in [1.54, 1.807) is 0 Å². The van der Waals surface area contributed by atoms with E-state index in [4.69, 9.17) is 144 Å². The fraction of sp³-hybridized carbons (Fsp3) is 0.625. The number of nitrogen functional groups attached to an aromatic ring is 3. The highest BCUT2D eigenvalue weighted by Crippen LogP contribution is 2.57. The maximum Gasteiger partial charge on any atom is 0.351 e. The van der Waals surface area contributed by atoms with Gasteiger partial charge in [-0.15, -0.1) is 0 Å². The van der Waals surface area contributed by atoms with Crippen LogP contribution in [0, 0.1) is 18.8 Å². The van der Waals surface area contributed by atoms with Crippen LogP contribution in [0.2, 0.25) is 0 Å². The SMILES string of the molecule is Cc1cn([C@H]2C[C@@H](OP(=S)(OCCOCCOCCN)OC[C@H]3O[C@@H](n4ccc(N)nc4=O)C[C@H]3C(C)C)[C@@H](COP(O)(=S)O[C@@H]3C[C@H](n4c(=O)[nH]c5c(=O)[nH]c(N)nc54)O[C@@H]3COP(O)(=S)O[C@@H]3C[C@H](n4ccc(N)nc4=O)O[C@@H]3COP(O)(=S)O[C@@H]3C[C@H](n4cc(Br)c(=O)[nH]c4=O)O[C@@H]3CO)O2)c(=O)[nH]c1=O. The number of halogens is 1. The molecule has 16 N–H and O–H groups in total. The van der Waals surface area contributed by atoms with Crippen molar-refractivity contribution in [1.29, 1.82) is 0 Å². The van der Waals surface area contributed by atoms with Gasteiger partial charge in [0.25, 0.3) is 16.7 Å². The highest BCUT2D eigenvalue weighted by atomic mass is 79.9. The Morgan fingerprint density at radius 1 is 0.541 bits per heavy atom. The molecule has 5 fully saturated rings. The van der Waals surface area contributed by atoms with Gasteiger partial charge in [0, 0.05) is 62.6 Å². The van der Waals surface area contributed by atoms with Crippen LogP contribution in [-0.2, 0) is 121 Å². The Morgan fingerprint density at radius 3 is 1.52 bits per heavy atom. The fourth-order valence-corrected chi connectivity index (χ4v) is 19.4. The van der Waals surface area contributed by atoms with Gasteiger partial charge in [0.2, 0.25) is 5.95 Å². The van der Waals surface area contributed by atoms with Crippen LogP contribution in [0.5, 0.6) is 0 Å². The largest absolute Gasteiger partial charge is 0.394 e. The Morgan fingerprint density at radius 2 is 0.991 bits per heavy atom. The molecule has 0 amide bonds. The summed E-state index contributed by atoms with van der Waals surface area (Å²) < 4.78 is 103. The van der Waals surface area contributed by atoms with Crippen molar-refractivity contribution in [2.24, 2.45) is 17.6 Å². The number of nitrogens with one attached hydrogen (secondary N) is 4. The van der Waals surface area contributed by atoms with Crippen LogP contribution in [-0.4, -0.2) is 205 Å². The standard InChI is InChI=1S/C56H79BrN16O28P4S4/c1-26(2)28-14-41(69-7-4-39(59)62-52(69)78)94-35(28)22-92-105(109,88-13-12-87-11-10-86-9-6-58)101-33-17-43(71-19-27(3)48(75)67-54(71)80)96-38(33)25-91-104(85,108)100-32-18-45(73-47-46(64-56(73)82)50(77)66-51(61)65-47)97-37(32)24-90-103(84,107)99-31-16-42(70-8-5-40(60)63-53(70)79)95-36(31)23-89-102(83,106)98-30-15-44(93-34(30)21-74)72-20-29(57)49(76)68-55(72)81/h4-5,7-8,19-20,26,28,30-38,41-45,74H,6,9-18,21-25,58H2,1-3H3,(H,64,82)(H,83,106)(H,84,107)(H,85,108)(H2,59,62,78)(H2,60,63,79)(H,67,75,80)(H,68,76,81)(H3,61,65,66,77)/t28-,30+,31+,32+,33+,34+,35+,36+,37+,38+,41+,42+,43+,44+,45+,102?,103?,104?,105?/m0/s1. The maximum atomic E-state index is 13.8. The zero-order valence-electron chi connectivity index (χ0n) is 57.8. The molecule has 0 spiro atoms. The molecule has 5 saturated heterocycles. The topological polar surface area (TPSA) is 596 Å². The van der Waals surface area contributed by atoms with Crippen molar-refractivity contribution in [3.8, 4) is 0 Å². The second kappa shape index (κ2) is 36.2. The lowest BCUT2D eigenvalue weighted by atomic mass is 9.89. The highest BCUT2D eigenvalue weighted by molar-refractivity contribution is 9.10. The Bertz CT molecular complexity index is 4970. The molecule has 602 valence electrons. The molecule has 0 aliphatic carbocycles. The molecule has 44 nitrogen and oxygen atoms in total. The molecule has 0 bridgehead atoms. The second-order valence-corrected chi connectivity index (χ2v) is 37.7. The molecule has 5 aliphatic heterocycles.